The van der Waals surface area contributed by atoms with Gasteiger partial charge in [-0.25, -0.2) is 24.0 Å². The molecule has 2 amide bonds. The number of halogens is 2. The van der Waals surface area contributed by atoms with Gasteiger partial charge in [-0.3, -0.25) is 19.2 Å². The molecule has 0 aliphatic heterocycles. The van der Waals surface area contributed by atoms with Gasteiger partial charge in [-0.05, 0) is 197 Å². The van der Waals surface area contributed by atoms with Crippen LogP contribution in [-0.4, -0.2) is 92.4 Å². The molecule has 0 bridgehead atoms. The molecule has 5 aromatic heterocycles. The summed E-state index contributed by atoms with van der Waals surface area (Å²) in [5.41, 5.74) is 15.5. The molecule has 25 heteroatoms. The number of carbonyl (C=O) groups excluding carboxylic acids is 7. The summed E-state index contributed by atoms with van der Waals surface area (Å²) in [4.78, 5) is 104. The molecule has 148 heavy (non-hydrogen) atoms. The van der Waals surface area contributed by atoms with E-state index < -0.39 is 42.3 Å². The number of furan rings is 5. The van der Waals surface area contributed by atoms with Crippen LogP contribution in [0.15, 0.2) is 388 Å². The number of aliphatic hydroxyl groups excluding tert-OH is 1. The van der Waals surface area contributed by atoms with Crippen LogP contribution in [0.4, 0.5) is 9.59 Å². The van der Waals surface area contributed by atoms with Crippen molar-refractivity contribution in [3.63, 3.8) is 0 Å². The second-order valence-electron chi connectivity index (χ2n) is 30.3. The average Bonchev–Trinajstić information content (AvgIpc) is 1.67. The van der Waals surface area contributed by atoms with Crippen molar-refractivity contribution in [1.82, 2.24) is 10.6 Å². The number of nitrogens with one attached hydrogen (secondary N) is 2. The zero-order chi connectivity index (χ0) is 109. The first kappa shape index (κ1) is 122. The lowest BCUT2D eigenvalue weighted by molar-refractivity contribution is -0.139. The topological polar surface area (TPSA) is 355 Å². The van der Waals surface area contributed by atoms with Gasteiger partial charge in [0.15, 0.2) is 42.6 Å². The van der Waals surface area contributed by atoms with Crippen molar-refractivity contribution in [2.75, 3.05) is 0 Å². The number of rotatable bonds is 24. The van der Waals surface area contributed by atoms with Crippen LogP contribution in [0.5, 0.6) is 5.75 Å². The molecule has 18 rings (SSSR count). The Bertz CT molecular complexity index is 6890. The molecule has 3 atom stereocenters. The summed E-state index contributed by atoms with van der Waals surface area (Å²) in [6, 6.07) is 109. The van der Waals surface area contributed by atoms with Crippen LogP contribution in [0.25, 0.3) is 99.4 Å². The highest BCUT2D eigenvalue weighted by Gasteiger charge is 2.24. The zero-order valence-corrected chi connectivity index (χ0v) is 89.7. The molecule has 13 aromatic carbocycles. The Morgan fingerprint density at radius 3 is 0.993 bits per heavy atom. The number of hydrogen-bond donors (Lipinski definition) is 6. The molecule has 18 aromatic rings. The number of phenols is 1. The van der Waals surface area contributed by atoms with Gasteiger partial charge < -0.3 is 62.6 Å². The van der Waals surface area contributed by atoms with Gasteiger partial charge in [0.25, 0.3) is 0 Å². The van der Waals surface area contributed by atoms with Gasteiger partial charge in [-0.2, -0.15) is 4.99 Å². The van der Waals surface area contributed by atoms with Gasteiger partial charge in [-0.1, -0.05) is 365 Å². The summed E-state index contributed by atoms with van der Waals surface area (Å²) in [7, 11) is 0. The fourth-order valence-corrected chi connectivity index (χ4v) is 14.5. The molecule has 5 heterocycles. The fraction of sp³-hybridized carbons (Fsp3) is 0.211. The molecule has 0 saturated carbocycles. The number of isocyanates is 1. The second-order valence-corrected chi connectivity index (χ2v) is 32.1. The number of fused-ring (bicyclic) bond motifs is 5. The molecule has 6 N–H and O–H groups in total. The number of nitrogens with zero attached hydrogens (tertiary/aromatic N) is 1. The Balaban J connectivity index is 0.000000306. The smallest absolute Gasteiger partial charge is 0.408 e. The van der Waals surface area contributed by atoms with Crippen molar-refractivity contribution >= 4 is 141 Å². The number of ketones is 3. The monoisotopic (exact) mass is 2130 g/mol. The normalized spacial score (nSPS) is 10.4. The first-order chi connectivity index (χ1) is 71.9. The number of ether oxygens (including phenoxy) is 2. The number of aliphatic carboxylic acids is 1. The molecular weight excluding hydrogens is 2000 g/mol. The van der Waals surface area contributed by atoms with E-state index in [1.807, 2.05) is 370 Å². The number of aliphatic hydroxyl groups is 1. The van der Waals surface area contributed by atoms with Crippen LogP contribution in [0.2, 0.25) is 0 Å². The Kier molecular flexibility index (Phi) is 56.3. The third-order valence-corrected chi connectivity index (χ3v) is 21.5. The van der Waals surface area contributed by atoms with Crippen LogP contribution in [0.1, 0.15) is 183 Å². The molecule has 0 aliphatic carbocycles. The van der Waals surface area contributed by atoms with Gasteiger partial charge in [0.05, 0.1) is 11.6 Å². The number of aldehydes is 1. The highest BCUT2D eigenvalue weighted by Crippen LogP contribution is 2.33. The van der Waals surface area contributed by atoms with E-state index in [9.17, 15) is 48.3 Å². The van der Waals surface area contributed by atoms with Crippen LogP contribution in [0.3, 0.4) is 0 Å². The van der Waals surface area contributed by atoms with Crippen molar-refractivity contribution < 1.29 is 95.1 Å². The maximum atomic E-state index is 12.2. The largest absolute Gasteiger partial charge is 0.507 e. The maximum Gasteiger partial charge on any atom is 0.408 e. The van der Waals surface area contributed by atoms with Crippen molar-refractivity contribution in [2.24, 2.45) is 4.99 Å². The SMILES string of the molecule is CC.CC.CC.CC.CC.CC.CC.CC(=O)C(Cc1ccccc1)N=C=O.CC(=O)C(Cc1ccccc1)NC(=O)OCc1cc2cc(-c3ccccc3)ccc2o1.CC(=O)c1cc2cc(Br)ccc2o1.O=C(NC(Cc1ccccc1)C(=O)O)OCc1cc2cc(-c3ccccc3)ccc2o1.O=C(O)c1cc2cc(-c3ccccc3)ccc2o1.O=Cc1cc(Br)ccc1O.OCc1cc2cc(-c3ccccc3)ccc2o1. The number of carbonyl (C=O) groups is 8. The minimum atomic E-state index is -1.13. The number of aromatic hydroxyl groups is 1. The first-order valence-electron chi connectivity index (χ1n) is 49.0. The average molecular weight is 2130 g/mol. The van der Waals surface area contributed by atoms with E-state index in [4.69, 9.17) is 46.9 Å². The van der Waals surface area contributed by atoms with E-state index in [0.717, 1.165) is 108 Å². The molecule has 772 valence electrons. The highest BCUT2D eigenvalue weighted by molar-refractivity contribution is 9.10. The Morgan fingerprint density at radius 1 is 0.351 bits per heavy atom. The summed E-state index contributed by atoms with van der Waals surface area (Å²) in [5, 5.41) is 45.9. The van der Waals surface area contributed by atoms with Gasteiger partial charge >= 0.3 is 24.1 Å². The highest BCUT2D eigenvalue weighted by atomic mass is 79.9. The third-order valence-electron chi connectivity index (χ3n) is 20.5. The maximum absolute atomic E-state index is 12.2. The lowest BCUT2D eigenvalue weighted by atomic mass is 10.0. The zero-order valence-electron chi connectivity index (χ0n) is 86.6. The van der Waals surface area contributed by atoms with E-state index in [0.29, 0.717) is 58.9 Å². The minimum absolute atomic E-state index is 0.0122. The standard InChI is InChI=1S/C26H23NO4.C25H21NO5.C15H10O3.C15H12O2.C11H11NO2.C10H7BrO2.C7H5BrO2.7C2H6/c1-18(28)24(14-19-8-4-2-5-9-19)27-26(29)30-17-23-16-22-15-21(12-13-25(22)31-23)20-10-6-3-7-11-20;27-24(28)22(13-17-7-3-1-4-8-17)26-25(29)30-16-21-15-20-14-19(11-12-23(20)31-21)18-9-5-2-6-10-18;16-15(17)14-9-12-8-11(6-7-13(12)18-14)10-4-2-1-3-5-10;16-10-14-9-13-8-12(6-7-15(13)17-14)11-4-2-1-3-5-11;1-9(14)11(12-8-13)7-10-5-3-2-4-6-10;1-6(12)10-5-7-4-8(11)2-3-9(7)13-10;8-6-1-2-7(10)5(3-6)4-9;7*1-2/h2-13,15-16,24H,14,17H2,1H3,(H,27,29);1-12,14-15,22H,13,16H2,(H,26,29)(H,27,28);1-9H,(H,16,17);1-9,16H,10H2;2-6,11H,7H2,1H3;2-5H,1H3;1-4,10H;7*1-2H3. The predicted molar refractivity (Wildman–Crippen MR) is 600 cm³/mol. The van der Waals surface area contributed by atoms with E-state index in [2.05, 4.69) is 77.8 Å². The van der Waals surface area contributed by atoms with Crippen LogP contribution >= 0.6 is 31.9 Å². The molecule has 0 spiro atoms. The van der Waals surface area contributed by atoms with Gasteiger partial charge in [0, 0.05) is 55.6 Å². The third kappa shape index (κ3) is 40.4. The number of benzene rings is 13. The fourth-order valence-electron chi connectivity index (χ4n) is 13.7. The molecule has 3 unspecified atom stereocenters. The number of carboxylic acid groups (broad SMARTS) is 2. The summed E-state index contributed by atoms with van der Waals surface area (Å²) in [6.45, 7) is 32.2. The molecular formula is C123H131Br2N3O20. The van der Waals surface area contributed by atoms with Gasteiger partial charge in [0.2, 0.25) is 11.8 Å². The molecule has 0 radical (unpaired) electrons. The van der Waals surface area contributed by atoms with E-state index in [-0.39, 0.29) is 55.1 Å². The number of phenolic OH excluding ortho intramolecular Hbond substituents is 1. The van der Waals surface area contributed by atoms with Crippen molar-refractivity contribution in [3.05, 3.63) is 412 Å². The lowest BCUT2D eigenvalue weighted by Gasteiger charge is -2.15. The number of amides is 2. The number of aliphatic imine (C=N–C) groups is 1. The number of aromatic carboxylic acids is 1. The van der Waals surface area contributed by atoms with Crippen LogP contribution in [0, 0.1) is 0 Å². The Hall–Kier alpha value is -16.2. The first-order valence-corrected chi connectivity index (χ1v) is 50.6. The molecule has 23 nitrogen and oxygen atoms in total. The molecule has 0 saturated heterocycles. The van der Waals surface area contributed by atoms with E-state index in [1.165, 1.54) is 38.5 Å². The van der Waals surface area contributed by atoms with Gasteiger partial charge in [0.1, 0.15) is 69.6 Å². The van der Waals surface area contributed by atoms with Crippen molar-refractivity contribution in [2.45, 2.75) is 175 Å². The Morgan fingerprint density at radius 2 is 0.655 bits per heavy atom. The van der Waals surface area contributed by atoms with E-state index in [1.54, 1.807) is 42.5 Å². The predicted octanol–water partition coefficient (Wildman–Crippen LogP) is 32.0. The van der Waals surface area contributed by atoms with Gasteiger partial charge in [-0.15, -0.1) is 0 Å². The summed E-state index contributed by atoms with van der Waals surface area (Å²) >= 11 is 6.52. The van der Waals surface area contributed by atoms with Crippen molar-refractivity contribution in [1.29, 1.82) is 0 Å². The van der Waals surface area contributed by atoms with E-state index >= 15 is 0 Å². The molecule has 0 fully saturated rings. The Labute approximate surface area is 882 Å². The number of hydrogen-bond acceptors (Lipinski definition) is 19. The quantitative estimate of drug-likeness (QED) is 0.0142. The van der Waals surface area contributed by atoms with Crippen LogP contribution < -0.4 is 10.6 Å². The minimum Gasteiger partial charge on any atom is -0.507 e. The second kappa shape index (κ2) is 68.2. The number of alkyl carbamates (subject to hydrolysis) is 2. The molecule has 0 aliphatic rings. The number of Topliss-reactive ketones (excluding diaryl/α,β-unsaturated/α-hetero) is 3. The van der Waals surface area contributed by atoms with Crippen molar-refractivity contribution in [3.8, 4) is 50.3 Å². The summed E-state index contributed by atoms with van der Waals surface area (Å²) in [6.07, 6.45) is 1.62. The van der Waals surface area contributed by atoms with Crippen LogP contribution in [-0.2, 0) is 67.7 Å². The summed E-state index contributed by atoms with van der Waals surface area (Å²) < 4.78 is 39.8. The lowest BCUT2D eigenvalue weighted by Crippen LogP contribution is -2.42. The number of carboxylic acids is 2. The summed E-state index contributed by atoms with van der Waals surface area (Å²) in [5.74, 6) is -0.456.